The maximum Gasteiger partial charge on any atom is 0.0624 e. The minimum absolute atomic E-state index is 0.0342. The molecule has 4 heteroatoms. The average Bonchev–Trinajstić information content (AvgIpc) is 3.14. The van der Waals surface area contributed by atoms with Crippen LogP contribution in [0.5, 0.6) is 0 Å². The first kappa shape index (κ1) is 25.1. The van der Waals surface area contributed by atoms with E-state index in [1.54, 1.807) is 6.20 Å². The van der Waals surface area contributed by atoms with E-state index in [1.807, 2.05) is 6.20 Å². The van der Waals surface area contributed by atoms with Gasteiger partial charge >= 0.3 is 0 Å². The Bertz CT molecular complexity index is 798. The van der Waals surface area contributed by atoms with Gasteiger partial charge in [-0.1, -0.05) is 53.9 Å². The standard InChI is InChI=1S/C29H48N2O2/c1-19(2)7-6-8-20(3)23-9-10-24-22(18-33)25(11-12-28(23,24)4)29(5)16-27-26(15-21(29)17-32)30-13-14-31-27/h13-14,19-25,32-33H,6-12,15-18H2,1-5H3/t20-,21-,22+,23-,24+,25+,28-,29+/m1/s1. The molecule has 0 aromatic carbocycles. The van der Waals surface area contributed by atoms with E-state index in [2.05, 4.69) is 44.6 Å². The van der Waals surface area contributed by atoms with Gasteiger partial charge in [-0.2, -0.15) is 0 Å². The molecule has 0 amide bonds. The molecule has 4 rings (SSSR count). The van der Waals surface area contributed by atoms with Crippen molar-refractivity contribution in [2.45, 2.75) is 92.4 Å². The van der Waals surface area contributed by atoms with Crippen LogP contribution in [0.1, 0.15) is 91.0 Å². The van der Waals surface area contributed by atoms with Gasteiger partial charge < -0.3 is 10.2 Å². The maximum atomic E-state index is 10.8. The number of hydrogen-bond acceptors (Lipinski definition) is 4. The van der Waals surface area contributed by atoms with Crippen molar-refractivity contribution in [2.75, 3.05) is 13.2 Å². The van der Waals surface area contributed by atoms with E-state index in [-0.39, 0.29) is 24.5 Å². The summed E-state index contributed by atoms with van der Waals surface area (Å²) in [6, 6.07) is 0. The van der Waals surface area contributed by atoms with Gasteiger partial charge in [-0.3, -0.25) is 9.97 Å². The van der Waals surface area contributed by atoms with Crippen LogP contribution in [0.4, 0.5) is 0 Å². The number of aromatic nitrogens is 2. The van der Waals surface area contributed by atoms with E-state index in [4.69, 9.17) is 0 Å². The fourth-order valence-electron chi connectivity index (χ4n) is 8.78. The zero-order valence-electron chi connectivity index (χ0n) is 21.8. The lowest BCUT2D eigenvalue weighted by atomic mass is 9.48. The van der Waals surface area contributed by atoms with Gasteiger partial charge in [0.05, 0.1) is 11.4 Å². The van der Waals surface area contributed by atoms with E-state index in [9.17, 15) is 10.2 Å². The molecule has 3 aliphatic carbocycles. The fraction of sp³-hybridized carbons (Fsp3) is 0.862. The summed E-state index contributed by atoms with van der Waals surface area (Å²) in [6.07, 6.45) is 14.3. The first-order valence-electron chi connectivity index (χ1n) is 13.7. The highest BCUT2D eigenvalue weighted by molar-refractivity contribution is 5.21. The van der Waals surface area contributed by atoms with Crippen molar-refractivity contribution in [1.29, 1.82) is 0 Å². The van der Waals surface area contributed by atoms with E-state index >= 15 is 0 Å². The molecule has 2 N–H and O–H groups in total. The van der Waals surface area contributed by atoms with Crippen LogP contribution in [-0.4, -0.2) is 33.4 Å². The molecular formula is C29H48N2O2. The Balaban J connectivity index is 1.55. The molecule has 0 aliphatic heterocycles. The minimum atomic E-state index is -0.0342. The van der Waals surface area contributed by atoms with Gasteiger partial charge in [-0.05, 0) is 90.8 Å². The predicted octanol–water partition coefficient (Wildman–Crippen LogP) is 5.70. The second kappa shape index (κ2) is 9.93. The molecule has 0 bridgehead atoms. The molecule has 186 valence electrons. The average molecular weight is 457 g/mol. The summed E-state index contributed by atoms with van der Waals surface area (Å²) in [5, 5.41) is 21.2. The highest BCUT2D eigenvalue weighted by Gasteiger charge is 2.59. The lowest BCUT2D eigenvalue weighted by molar-refractivity contribution is -0.0945. The summed E-state index contributed by atoms with van der Waals surface area (Å²) >= 11 is 0. The number of rotatable bonds is 8. The second-order valence-corrected chi connectivity index (χ2v) is 12.8. The Morgan fingerprint density at radius 3 is 2.27 bits per heavy atom. The zero-order valence-corrected chi connectivity index (χ0v) is 21.8. The molecule has 33 heavy (non-hydrogen) atoms. The molecule has 2 fully saturated rings. The fourth-order valence-corrected chi connectivity index (χ4v) is 8.78. The first-order valence-corrected chi connectivity index (χ1v) is 13.7. The van der Waals surface area contributed by atoms with Crippen LogP contribution in [0.15, 0.2) is 12.4 Å². The number of hydrogen-bond donors (Lipinski definition) is 2. The van der Waals surface area contributed by atoms with Crippen LogP contribution in [-0.2, 0) is 12.8 Å². The van der Waals surface area contributed by atoms with Crippen molar-refractivity contribution in [1.82, 2.24) is 9.97 Å². The van der Waals surface area contributed by atoms with Crippen LogP contribution in [0.3, 0.4) is 0 Å². The van der Waals surface area contributed by atoms with Crippen molar-refractivity contribution < 1.29 is 10.2 Å². The van der Waals surface area contributed by atoms with Crippen LogP contribution in [0.2, 0.25) is 0 Å². The van der Waals surface area contributed by atoms with Gasteiger partial charge in [0.2, 0.25) is 0 Å². The van der Waals surface area contributed by atoms with Gasteiger partial charge in [-0.25, -0.2) is 0 Å². The third-order valence-electron chi connectivity index (χ3n) is 10.7. The zero-order chi connectivity index (χ0) is 23.8. The smallest absolute Gasteiger partial charge is 0.0624 e. The number of aliphatic hydroxyl groups excluding tert-OH is 2. The summed E-state index contributed by atoms with van der Waals surface area (Å²) in [5.74, 6) is 3.90. The Labute approximate surface area is 202 Å². The Morgan fingerprint density at radius 2 is 1.61 bits per heavy atom. The number of fused-ring (bicyclic) bond motifs is 2. The third-order valence-corrected chi connectivity index (χ3v) is 10.7. The molecule has 4 nitrogen and oxygen atoms in total. The van der Waals surface area contributed by atoms with E-state index in [0.717, 1.165) is 48.4 Å². The summed E-state index contributed by atoms with van der Waals surface area (Å²) < 4.78 is 0. The molecule has 1 heterocycles. The second-order valence-electron chi connectivity index (χ2n) is 12.8. The number of aliphatic hydroxyl groups is 2. The summed E-state index contributed by atoms with van der Waals surface area (Å²) in [6.45, 7) is 12.6. The maximum absolute atomic E-state index is 10.8. The SMILES string of the molecule is CC(C)CCC[C@@H](C)[C@H]1CC[C@H]2[C@H](CO)[C@@H]([C@@]3(C)Cc4nccnc4C[C@@H]3CO)CC[C@]12C. The van der Waals surface area contributed by atoms with Crippen molar-refractivity contribution >= 4 is 0 Å². The van der Waals surface area contributed by atoms with Gasteiger partial charge in [0.15, 0.2) is 0 Å². The predicted molar refractivity (Wildman–Crippen MR) is 134 cm³/mol. The van der Waals surface area contributed by atoms with E-state index in [1.165, 1.54) is 38.5 Å². The molecule has 3 aliphatic rings. The van der Waals surface area contributed by atoms with Gasteiger partial charge in [0.25, 0.3) is 0 Å². The minimum Gasteiger partial charge on any atom is -0.396 e. The number of nitrogens with zero attached hydrogens (tertiary/aromatic N) is 2. The topological polar surface area (TPSA) is 66.2 Å². The molecule has 8 atom stereocenters. The van der Waals surface area contributed by atoms with Crippen LogP contribution in [0, 0.1) is 52.3 Å². The molecule has 1 aromatic rings. The summed E-state index contributed by atoms with van der Waals surface area (Å²) in [7, 11) is 0. The quantitative estimate of drug-likeness (QED) is 0.526. The van der Waals surface area contributed by atoms with Crippen molar-refractivity contribution in [3.05, 3.63) is 23.8 Å². The summed E-state index contributed by atoms with van der Waals surface area (Å²) in [4.78, 5) is 9.25. The van der Waals surface area contributed by atoms with Gasteiger partial charge in [0, 0.05) is 25.6 Å². The summed E-state index contributed by atoms with van der Waals surface area (Å²) in [5.41, 5.74) is 2.48. The van der Waals surface area contributed by atoms with Gasteiger partial charge in [0.1, 0.15) is 0 Å². The lowest BCUT2D eigenvalue weighted by Crippen LogP contribution is -2.53. The van der Waals surface area contributed by atoms with Gasteiger partial charge in [-0.15, -0.1) is 0 Å². The van der Waals surface area contributed by atoms with Crippen LogP contribution < -0.4 is 0 Å². The third kappa shape index (κ3) is 4.51. The Morgan fingerprint density at radius 1 is 0.909 bits per heavy atom. The Kier molecular flexibility index (Phi) is 7.56. The molecule has 0 unspecified atom stereocenters. The highest BCUT2D eigenvalue weighted by atomic mass is 16.3. The van der Waals surface area contributed by atoms with Crippen molar-refractivity contribution in [2.24, 2.45) is 52.3 Å². The van der Waals surface area contributed by atoms with Crippen molar-refractivity contribution in [3.8, 4) is 0 Å². The molecule has 1 aromatic heterocycles. The van der Waals surface area contributed by atoms with E-state index in [0.29, 0.717) is 23.2 Å². The van der Waals surface area contributed by atoms with Crippen molar-refractivity contribution in [3.63, 3.8) is 0 Å². The molecular weight excluding hydrogens is 408 g/mol. The molecule has 0 radical (unpaired) electrons. The molecule has 2 saturated carbocycles. The van der Waals surface area contributed by atoms with Crippen LogP contribution >= 0.6 is 0 Å². The molecule has 0 saturated heterocycles. The Hall–Kier alpha value is -1.00. The molecule has 0 spiro atoms. The van der Waals surface area contributed by atoms with E-state index < -0.39 is 0 Å². The normalized spacial score (nSPS) is 39.3. The van der Waals surface area contributed by atoms with Crippen LogP contribution in [0.25, 0.3) is 0 Å². The first-order chi connectivity index (χ1) is 15.7. The largest absolute Gasteiger partial charge is 0.396 e. The monoisotopic (exact) mass is 456 g/mol. The highest BCUT2D eigenvalue weighted by Crippen LogP contribution is 2.64. The lowest BCUT2D eigenvalue weighted by Gasteiger charge is -2.56.